The molecule has 0 bridgehead atoms. The van der Waals surface area contributed by atoms with Gasteiger partial charge in [0.1, 0.15) is 0 Å². The first-order valence-electron chi connectivity index (χ1n) is 5.01. The molecule has 2 heteroatoms. The van der Waals surface area contributed by atoms with Crippen LogP contribution in [-0.4, -0.2) is 18.8 Å². The van der Waals surface area contributed by atoms with Crippen molar-refractivity contribution >= 4 is 0 Å². The Kier molecular flexibility index (Phi) is 4.40. The Morgan fingerprint density at radius 2 is 1.54 bits per heavy atom. The van der Waals surface area contributed by atoms with Gasteiger partial charge in [-0.1, -0.05) is 20.8 Å². The Labute approximate surface area is 82.8 Å². The maximum absolute atomic E-state index is 5.73. The number of hydrogen-bond acceptors (Lipinski definition) is 2. The van der Waals surface area contributed by atoms with Gasteiger partial charge in [-0.15, -0.1) is 0 Å². The average Bonchev–Trinajstić information content (AvgIpc) is 1.82. The second-order valence-corrected chi connectivity index (χ2v) is 5.72. The van der Waals surface area contributed by atoms with Gasteiger partial charge in [-0.2, -0.15) is 0 Å². The number of hydrogen-bond donors (Lipinski definition) is 1. The van der Waals surface area contributed by atoms with E-state index in [1.807, 2.05) is 0 Å². The zero-order chi connectivity index (χ0) is 10.7. The maximum Gasteiger partial charge on any atom is 0.0598 e. The summed E-state index contributed by atoms with van der Waals surface area (Å²) in [5.41, 5.74) is 5.89. The second-order valence-electron chi connectivity index (χ2n) is 5.72. The van der Waals surface area contributed by atoms with Gasteiger partial charge in [0.2, 0.25) is 0 Å². The molecule has 0 aliphatic rings. The summed E-state index contributed by atoms with van der Waals surface area (Å²) in [5, 5.41) is 0. The molecule has 0 spiro atoms. The molecule has 0 aliphatic carbocycles. The van der Waals surface area contributed by atoms with Crippen molar-refractivity contribution < 1.29 is 4.74 Å². The molecule has 80 valence electrons. The van der Waals surface area contributed by atoms with E-state index in [9.17, 15) is 0 Å². The van der Waals surface area contributed by atoms with Gasteiger partial charge in [-0.05, 0) is 38.6 Å². The lowest BCUT2D eigenvalue weighted by atomic mass is 9.81. The minimum Gasteiger partial charge on any atom is -0.376 e. The number of ether oxygens (including phenoxy) is 1. The summed E-state index contributed by atoms with van der Waals surface area (Å²) in [6.45, 7) is 14.3. The van der Waals surface area contributed by atoms with Crippen molar-refractivity contribution in [1.29, 1.82) is 0 Å². The Morgan fingerprint density at radius 3 is 1.77 bits per heavy atom. The zero-order valence-corrected chi connectivity index (χ0v) is 9.98. The van der Waals surface area contributed by atoms with Gasteiger partial charge < -0.3 is 10.5 Å². The molecule has 1 unspecified atom stereocenters. The van der Waals surface area contributed by atoms with Crippen molar-refractivity contribution in [2.75, 3.05) is 13.2 Å². The fraction of sp³-hybridized carbons (Fsp3) is 1.00. The van der Waals surface area contributed by atoms with Crippen LogP contribution in [0.1, 0.15) is 41.5 Å². The fourth-order valence-corrected chi connectivity index (χ4v) is 1.02. The van der Waals surface area contributed by atoms with E-state index in [-0.39, 0.29) is 11.0 Å². The highest BCUT2D eigenvalue weighted by atomic mass is 16.5. The molecule has 0 aromatic heterocycles. The molecule has 13 heavy (non-hydrogen) atoms. The van der Waals surface area contributed by atoms with Gasteiger partial charge >= 0.3 is 0 Å². The summed E-state index contributed by atoms with van der Waals surface area (Å²) >= 11 is 0. The lowest BCUT2D eigenvalue weighted by molar-refractivity contribution is -0.0392. The van der Waals surface area contributed by atoms with Crippen LogP contribution >= 0.6 is 0 Å². The minimum atomic E-state index is -0.0569. The summed E-state index contributed by atoms with van der Waals surface area (Å²) in [6, 6.07) is 0. The molecule has 0 aromatic carbocycles. The molecular weight excluding hydrogens is 162 g/mol. The van der Waals surface area contributed by atoms with Gasteiger partial charge in [-0.3, -0.25) is 0 Å². The molecule has 0 radical (unpaired) electrons. The fourth-order valence-electron chi connectivity index (χ4n) is 1.02. The van der Waals surface area contributed by atoms with Gasteiger partial charge in [0.25, 0.3) is 0 Å². The predicted molar refractivity (Wildman–Crippen MR) is 57.7 cm³/mol. The lowest BCUT2D eigenvalue weighted by Gasteiger charge is -2.32. The summed E-state index contributed by atoms with van der Waals surface area (Å²) in [4.78, 5) is 0. The van der Waals surface area contributed by atoms with Gasteiger partial charge in [0.15, 0.2) is 0 Å². The number of nitrogens with two attached hydrogens (primary N) is 1. The molecule has 0 saturated carbocycles. The van der Waals surface area contributed by atoms with E-state index in [4.69, 9.17) is 10.5 Å². The minimum absolute atomic E-state index is 0.0569. The topological polar surface area (TPSA) is 35.2 Å². The molecule has 0 amide bonds. The Hall–Kier alpha value is -0.0800. The van der Waals surface area contributed by atoms with E-state index in [2.05, 4.69) is 41.5 Å². The first-order valence-corrected chi connectivity index (χ1v) is 5.01. The van der Waals surface area contributed by atoms with Crippen LogP contribution in [0, 0.1) is 11.3 Å². The second kappa shape index (κ2) is 4.43. The first-order chi connectivity index (χ1) is 5.67. The smallest absolute Gasteiger partial charge is 0.0598 e. The van der Waals surface area contributed by atoms with Crippen LogP contribution in [0.3, 0.4) is 0 Å². The zero-order valence-electron chi connectivity index (χ0n) is 9.98. The Bertz CT molecular complexity index is 141. The monoisotopic (exact) mass is 187 g/mol. The normalized spacial score (nSPS) is 15.9. The van der Waals surface area contributed by atoms with Crippen LogP contribution in [0.4, 0.5) is 0 Å². The molecule has 0 fully saturated rings. The van der Waals surface area contributed by atoms with Crippen molar-refractivity contribution in [1.82, 2.24) is 0 Å². The molecule has 0 aliphatic heterocycles. The molecule has 0 aromatic rings. The molecule has 0 saturated heterocycles. The average molecular weight is 187 g/mol. The van der Waals surface area contributed by atoms with Crippen molar-refractivity contribution in [3.63, 3.8) is 0 Å². The highest BCUT2D eigenvalue weighted by Gasteiger charge is 2.25. The number of rotatable bonds is 3. The SMILES string of the molecule is CC(C)(C)OCC(CN)C(C)(C)C. The summed E-state index contributed by atoms with van der Waals surface area (Å²) in [5.74, 6) is 0.437. The van der Waals surface area contributed by atoms with Gasteiger partial charge in [-0.25, -0.2) is 0 Å². The third kappa shape index (κ3) is 6.05. The molecule has 0 rings (SSSR count). The standard InChI is InChI=1S/C11H25NO/c1-10(2,3)9(7-12)8-13-11(4,5)6/h9H,7-8,12H2,1-6H3. The molecule has 0 heterocycles. The lowest BCUT2D eigenvalue weighted by Crippen LogP contribution is -2.35. The van der Waals surface area contributed by atoms with E-state index in [0.717, 1.165) is 6.61 Å². The van der Waals surface area contributed by atoms with Crippen LogP contribution in [0.5, 0.6) is 0 Å². The largest absolute Gasteiger partial charge is 0.376 e. The van der Waals surface area contributed by atoms with Crippen LogP contribution in [0.25, 0.3) is 0 Å². The van der Waals surface area contributed by atoms with E-state index in [0.29, 0.717) is 12.5 Å². The van der Waals surface area contributed by atoms with E-state index in [1.165, 1.54) is 0 Å². The quantitative estimate of drug-likeness (QED) is 0.736. The molecular formula is C11H25NO. The van der Waals surface area contributed by atoms with Crippen molar-refractivity contribution in [2.24, 2.45) is 17.1 Å². The van der Waals surface area contributed by atoms with Crippen LogP contribution in [0.15, 0.2) is 0 Å². The summed E-state index contributed by atoms with van der Waals surface area (Å²) < 4.78 is 5.73. The highest BCUT2D eigenvalue weighted by Crippen LogP contribution is 2.26. The van der Waals surface area contributed by atoms with Crippen LogP contribution in [0.2, 0.25) is 0 Å². The predicted octanol–water partition coefficient (Wildman–Crippen LogP) is 2.42. The molecule has 1 atom stereocenters. The van der Waals surface area contributed by atoms with Gasteiger partial charge in [0.05, 0.1) is 12.2 Å². The van der Waals surface area contributed by atoms with Crippen LogP contribution < -0.4 is 5.73 Å². The van der Waals surface area contributed by atoms with Crippen LogP contribution in [-0.2, 0) is 4.74 Å². The third-order valence-corrected chi connectivity index (χ3v) is 2.23. The molecule has 2 N–H and O–H groups in total. The Balaban J connectivity index is 4.02. The molecule has 2 nitrogen and oxygen atoms in total. The van der Waals surface area contributed by atoms with Crippen molar-refractivity contribution in [3.05, 3.63) is 0 Å². The first kappa shape index (κ1) is 12.9. The Morgan fingerprint density at radius 1 is 1.08 bits per heavy atom. The maximum atomic E-state index is 5.73. The van der Waals surface area contributed by atoms with E-state index < -0.39 is 0 Å². The van der Waals surface area contributed by atoms with Crippen molar-refractivity contribution in [2.45, 2.75) is 47.1 Å². The van der Waals surface area contributed by atoms with E-state index in [1.54, 1.807) is 0 Å². The summed E-state index contributed by atoms with van der Waals surface area (Å²) in [6.07, 6.45) is 0. The summed E-state index contributed by atoms with van der Waals surface area (Å²) in [7, 11) is 0. The third-order valence-electron chi connectivity index (χ3n) is 2.23. The van der Waals surface area contributed by atoms with E-state index >= 15 is 0 Å². The van der Waals surface area contributed by atoms with Gasteiger partial charge in [0, 0.05) is 0 Å². The van der Waals surface area contributed by atoms with Crippen molar-refractivity contribution in [3.8, 4) is 0 Å². The highest BCUT2D eigenvalue weighted by molar-refractivity contribution is 4.75.